The van der Waals surface area contributed by atoms with Gasteiger partial charge in [0, 0.05) is 19.6 Å². The summed E-state index contributed by atoms with van der Waals surface area (Å²) in [6.07, 6.45) is -0.557. The van der Waals surface area contributed by atoms with Gasteiger partial charge in [-0.15, -0.1) is 0 Å². The molecule has 1 N–H and O–H groups in total. The van der Waals surface area contributed by atoms with Crippen LogP contribution < -0.4 is 0 Å². The number of rotatable bonds is 1. The van der Waals surface area contributed by atoms with Crippen LogP contribution in [0.4, 0.5) is 4.79 Å². The summed E-state index contributed by atoms with van der Waals surface area (Å²) in [6, 6.07) is -0.830. The molecule has 0 spiro atoms. The minimum Gasteiger partial charge on any atom is -0.480 e. The van der Waals surface area contributed by atoms with E-state index in [1.165, 1.54) is 4.90 Å². The second-order valence-electron chi connectivity index (χ2n) is 5.29. The van der Waals surface area contributed by atoms with Crippen molar-refractivity contribution in [3.05, 3.63) is 0 Å². The molecular formula is C11H20N2O4. The van der Waals surface area contributed by atoms with Gasteiger partial charge in [-0.1, -0.05) is 0 Å². The van der Waals surface area contributed by atoms with Crippen LogP contribution in [0.1, 0.15) is 20.8 Å². The quantitative estimate of drug-likeness (QED) is 0.732. The molecule has 1 atom stereocenters. The van der Waals surface area contributed by atoms with E-state index in [9.17, 15) is 9.59 Å². The Labute approximate surface area is 101 Å². The molecule has 6 heteroatoms. The van der Waals surface area contributed by atoms with E-state index in [1.807, 2.05) is 11.9 Å². The molecule has 98 valence electrons. The summed E-state index contributed by atoms with van der Waals surface area (Å²) in [5.41, 5.74) is -0.608. The van der Waals surface area contributed by atoms with E-state index in [0.29, 0.717) is 19.6 Å². The standard InChI is InChI=1S/C11H20N2O4/c1-11(2,3)17-10(16)13-6-5-12(4)7-8(13)9(14)15/h8H,5-7H2,1-4H3,(H,14,15)/t8-/m1/s1. The summed E-state index contributed by atoms with van der Waals surface area (Å²) in [4.78, 5) is 26.1. The first-order chi connectivity index (χ1) is 7.70. The van der Waals surface area contributed by atoms with Gasteiger partial charge in [-0.25, -0.2) is 9.59 Å². The number of ether oxygens (including phenoxy) is 1. The number of carbonyl (C=O) groups is 2. The zero-order valence-electron chi connectivity index (χ0n) is 10.8. The van der Waals surface area contributed by atoms with Crippen molar-refractivity contribution in [1.82, 2.24) is 9.80 Å². The van der Waals surface area contributed by atoms with Gasteiger partial charge in [-0.2, -0.15) is 0 Å². The van der Waals surface area contributed by atoms with Crippen LogP contribution in [-0.2, 0) is 9.53 Å². The molecular weight excluding hydrogens is 224 g/mol. The molecule has 17 heavy (non-hydrogen) atoms. The van der Waals surface area contributed by atoms with Crippen LogP contribution in [0.25, 0.3) is 0 Å². The third-order valence-corrected chi connectivity index (χ3v) is 2.50. The van der Waals surface area contributed by atoms with Crippen LogP contribution in [0, 0.1) is 0 Å². The predicted molar refractivity (Wildman–Crippen MR) is 61.9 cm³/mol. The maximum absolute atomic E-state index is 11.9. The number of hydrogen-bond donors (Lipinski definition) is 1. The molecule has 1 saturated heterocycles. The Morgan fingerprint density at radius 2 is 1.88 bits per heavy atom. The largest absolute Gasteiger partial charge is 0.480 e. The van der Waals surface area contributed by atoms with Gasteiger partial charge >= 0.3 is 12.1 Å². The lowest BCUT2D eigenvalue weighted by molar-refractivity contribution is -0.145. The van der Waals surface area contributed by atoms with Gasteiger partial charge in [0.1, 0.15) is 11.6 Å². The topological polar surface area (TPSA) is 70.1 Å². The molecule has 1 aliphatic heterocycles. The van der Waals surface area contributed by atoms with E-state index in [4.69, 9.17) is 9.84 Å². The highest BCUT2D eigenvalue weighted by Crippen LogP contribution is 2.15. The number of amides is 1. The van der Waals surface area contributed by atoms with Crippen molar-refractivity contribution in [3.8, 4) is 0 Å². The highest BCUT2D eigenvalue weighted by atomic mass is 16.6. The second kappa shape index (κ2) is 4.91. The summed E-state index contributed by atoms with van der Waals surface area (Å²) >= 11 is 0. The lowest BCUT2D eigenvalue weighted by atomic mass is 10.2. The van der Waals surface area contributed by atoms with Gasteiger partial charge in [0.2, 0.25) is 0 Å². The van der Waals surface area contributed by atoms with Crippen molar-refractivity contribution in [2.75, 3.05) is 26.7 Å². The number of carbonyl (C=O) groups excluding carboxylic acids is 1. The number of aliphatic carboxylic acids is 1. The molecule has 1 rings (SSSR count). The minimum absolute atomic E-state index is 0.328. The Kier molecular flexibility index (Phi) is 3.98. The lowest BCUT2D eigenvalue weighted by Gasteiger charge is -2.38. The highest BCUT2D eigenvalue weighted by Gasteiger charge is 2.36. The molecule has 1 aliphatic rings. The lowest BCUT2D eigenvalue weighted by Crippen LogP contribution is -2.58. The van der Waals surface area contributed by atoms with E-state index in [0.717, 1.165) is 0 Å². The average molecular weight is 244 g/mol. The number of carboxylic acids is 1. The smallest absolute Gasteiger partial charge is 0.411 e. The van der Waals surface area contributed by atoms with E-state index in [-0.39, 0.29) is 0 Å². The van der Waals surface area contributed by atoms with Gasteiger partial charge in [0.15, 0.2) is 0 Å². The molecule has 6 nitrogen and oxygen atoms in total. The van der Waals surface area contributed by atoms with E-state index >= 15 is 0 Å². The van der Waals surface area contributed by atoms with Crippen LogP contribution in [0.5, 0.6) is 0 Å². The first-order valence-corrected chi connectivity index (χ1v) is 5.61. The number of carboxylic acid groups (broad SMARTS) is 1. The van der Waals surface area contributed by atoms with Crippen LogP contribution in [-0.4, -0.2) is 65.3 Å². The first-order valence-electron chi connectivity index (χ1n) is 5.61. The summed E-state index contributed by atoms with van der Waals surface area (Å²) in [7, 11) is 1.84. The van der Waals surface area contributed by atoms with Gasteiger partial charge in [-0.3, -0.25) is 4.90 Å². The van der Waals surface area contributed by atoms with Gasteiger partial charge in [-0.05, 0) is 27.8 Å². The minimum atomic E-state index is -0.998. The number of nitrogens with zero attached hydrogens (tertiary/aromatic N) is 2. The fourth-order valence-corrected chi connectivity index (χ4v) is 1.67. The fraction of sp³-hybridized carbons (Fsp3) is 0.818. The highest BCUT2D eigenvalue weighted by molar-refractivity contribution is 5.80. The first kappa shape index (κ1) is 13.8. The summed E-state index contributed by atoms with van der Waals surface area (Å²) < 4.78 is 5.20. The molecule has 0 bridgehead atoms. The molecule has 0 aromatic rings. The maximum Gasteiger partial charge on any atom is 0.411 e. The van der Waals surface area contributed by atoms with Crippen molar-refractivity contribution >= 4 is 12.1 Å². The second-order valence-corrected chi connectivity index (χ2v) is 5.29. The Morgan fingerprint density at radius 3 is 2.35 bits per heavy atom. The molecule has 0 aromatic carbocycles. The van der Waals surface area contributed by atoms with Crippen LogP contribution >= 0.6 is 0 Å². The van der Waals surface area contributed by atoms with Gasteiger partial charge < -0.3 is 14.7 Å². The Hall–Kier alpha value is -1.30. The SMILES string of the molecule is CN1CCN(C(=O)OC(C)(C)C)[C@@H](C(=O)O)C1. The van der Waals surface area contributed by atoms with Crippen LogP contribution in [0.15, 0.2) is 0 Å². The van der Waals surface area contributed by atoms with Gasteiger partial charge in [0.05, 0.1) is 0 Å². The fourth-order valence-electron chi connectivity index (χ4n) is 1.67. The van der Waals surface area contributed by atoms with Crippen molar-refractivity contribution in [2.45, 2.75) is 32.4 Å². The Balaban J connectivity index is 2.73. The Bertz CT molecular complexity index is 311. The maximum atomic E-state index is 11.9. The average Bonchev–Trinajstić information content (AvgIpc) is 2.14. The molecule has 0 saturated carbocycles. The third-order valence-electron chi connectivity index (χ3n) is 2.50. The van der Waals surface area contributed by atoms with Gasteiger partial charge in [0.25, 0.3) is 0 Å². The van der Waals surface area contributed by atoms with Crippen LogP contribution in [0.2, 0.25) is 0 Å². The monoisotopic (exact) mass is 244 g/mol. The molecule has 1 heterocycles. The summed E-state index contributed by atoms with van der Waals surface area (Å²) in [5, 5.41) is 9.10. The van der Waals surface area contributed by atoms with Crippen LogP contribution in [0.3, 0.4) is 0 Å². The molecule has 1 amide bonds. The van der Waals surface area contributed by atoms with Crippen molar-refractivity contribution in [1.29, 1.82) is 0 Å². The van der Waals surface area contributed by atoms with E-state index in [2.05, 4.69) is 0 Å². The number of hydrogen-bond acceptors (Lipinski definition) is 4. The molecule has 0 unspecified atom stereocenters. The van der Waals surface area contributed by atoms with E-state index in [1.54, 1.807) is 20.8 Å². The molecule has 1 fully saturated rings. The third kappa shape index (κ3) is 3.89. The normalized spacial score (nSPS) is 22.4. The molecule has 0 aliphatic carbocycles. The predicted octanol–water partition coefficient (Wildman–Crippen LogP) is 0.622. The zero-order chi connectivity index (χ0) is 13.2. The van der Waals surface area contributed by atoms with Crippen molar-refractivity contribution in [3.63, 3.8) is 0 Å². The van der Waals surface area contributed by atoms with Crippen molar-refractivity contribution in [2.24, 2.45) is 0 Å². The summed E-state index contributed by atoms with van der Waals surface area (Å²) in [5.74, 6) is -0.998. The summed E-state index contributed by atoms with van der Waals surface area (Å²) in [6.45, 7) is 6.64. The number of likely N-dealkylation sites (N-methyl/N-ethyl adjacent to an activating group) is 1. The molecule has 0 radical (unpaired) electrons. The van der Waals surface area contributed by atoms with Crippen molar-refractivity contribution < 1.29 is 19.4 Å². The molecule has 0 aromatic heterocycles. The van der Waals surface area contributed by atoms with E-state index < -0.39 is 23.7 Å². The number of piperazine rings is 1. The zero-order valence-corrected chi connectivity index (χ0v) is 10.8. The Morgan fingerprint density at radius 1 is 1.29 bits per heavy atom.